The zero-order valence-corrected chi connectivity index (χ0v) is 14.8. The van der Waals surface area contributed by atoms with Crippen LogP contribution in [-0.2, 0) is 9.59 Å². The van der Waals surface area contributed by atoms with Gasteiger partial charge in [0, 0.05) is 49.8 Å². The molecule has 2 fully saturated rings. The van der Waals surface area contributed by atoms with Crippen molar-refractivity contribution in [2.24, 2.45) is 0 Å². The number of hydrogen-bond donors (Lipinski definition) is 2. The fourth-order valence-electron chi connectivity index (χ4n) is 3.72. The first-order chi connectivity index (χ1) is 12.0. The van der Waals surface area contributed by atoms with Crippen LogP contribution in [0.5, 0.6) is 5.75 Å². The summed E-state index contributed by atoms with van der Waals surface area (Å²) in [6, 6.07) is 7.50. The summed E-state index contributed by atoms with van der Waals surface area (Å²) < 4.78 is 0. The Balaban J connectivity index is 1.38. The van der Waals surface area contributed by atoms with Gasteiger partial charge in [0.1, 0.15) is 5.75 Å². The highest BCUT2D eigenvalue weighted by atomic mass is 16.3. The Bertz CT molecular complexity index is 628. The molecule has 0 saturated carbocycles. The van der Waals surface area contributed by atoms with Gasteiger partial charge in [0.15, 0.2) is 0 Å². The molecular weight excluding hydrogens is 318 g/mol. The van der Waals surface area contributed by atoms with Crippen molar-refractivity contribution in [3.05, 3.63) is 24.3 Å². The average molecular weight is 345 g/mol. The van der Waals surface area contributed by atoms with Crippen LogP contribution in [0.1, 0.15) is 39.0 Å². The van der Waals surface area contributed by atoms with Gasteiger partial charge in [-0.2, -0.15) is 0 Å². The molecule has 2 aliphatic rings. The third-order valence-electron chi connectivity index (χ3n) is 5.23. The molecule has 0 aliphatic carbocycles. The van der Waals surface area contributed by atoms with E-state index < -0.39 is 0 Å². The van der Waals surface area contributed by atoms with Gasteiger partial charge in [-0.25, -0.2) is 0 Å². The molecule has 1 unspecified atom stereocenters. The van der Waals surface area contributed by atoms with Crippen LogP contribution in [0.25, 0.3) is 0 Å². The van der Waals surface area contributed by atoms with Crippen LogP contribution in [0.3, 0.4) is 0 Å². The van der Waals surface area contributed by atoms with Crippen molar-refractivity contribution in [2.45, 2.75) is 51.1 Å². The van der Waals surface area contributed by atoms with Crippen molar-refractivity contribution < 1.29 is 14.7 Å². The molecule has 2 saturated heterocycles. The van der Waals surface area contributed by atoms with Gasteiger partial charge in [0.05, 0.1) is 0 Å². The van der Waals surface area contributed by atoms with Crippen LogP contribution in [0, 0.1) is 0 Å². The van der Waals surface area contributed by atoms with Gasteiger partial charge in [0.25, 0.3) is 0 Å². The Morgan fingerprint density at radius 3 is 2.76 bits per heavy atom. The lowest BCUT2D eigenvalue weighted by atomic mass is 9.97. The fraction of sp³-hybridized carbons (Fsp3) is 0.579. The maximum absolute atomic E-state index is 12.2. The minimum Gasteiger partial charge on any atom is -0.508 e. The first-order valence-corrected chi connectivity index (χ1v) is 9.15. The number of nitrogens with one attached hydrogen (secondary N) is 1. The molecule has 2 N–H and O–H groups in total. The van der Waals surface area contributed by atoms with Gasteiger partial charge in [-0.1, -0.05) is 12.5 Å². The normalized spacial score (nSPS) is 21.6. The van der Waals surface area contributed by atoms with Crippen LogP contribution in [-0.4, -0.2) is 58.4 Å². The molecule has 0 bridgehead atoms. The maximum Gasteiger partial charge on any atom is 0.224 e. The molecule has 3 rings (SSSR count). The maximum atomic E-state index is 12.2. The number of rotatable bonds is 5. The van der Waals surface area contributed by atoms with Crippen molar-refractivity contribution in [3.8, 4) is 5.75 Å². The van der Waals surface area contributed by atoms with E-state index in [1.165, 1.54) is 25.3 Å². The minimum atomic E-state index is -0.208. The standard InChI is InChI=1S/C19H27N3O3/c1-14-5-2-3-10-22(14)16-12-21(13-16)19(25)9-8-18(24)20-15-6-4-7-17(23)11-15/h4,6-7,11,14,16,23H,2-3,5,8-10,12-13H2,1H3,(H,20,24). The molecule has 1 atom stereocenters. The quantitative estimate of drug-likeness (QED) is 0.858. The first-order valence-electron chi connectivity index (χ1n) is 9.15. The van der Waals surface area contributed by atoms with E-state index in [-0.39, 0.29) is 30.4 Å². The Morgan fingerprint density at radius 1 is 1.24 bits per heavy atom. The second kappa shape index (κ2) is 7.87. The highest BCUT2D eigenvalue weighted by Crippen LogP contribution is 2.25. The molecule has 2 amide bonds. The van der Waals surface area contributed by atoms with Crippen molar-refractivity contribution in [2.75, 3.05) is 25.0 Å². The lowest BCUT2D eigenvalue weighted by molar-refractivity contribution is -0.140. The number of nitrogens with zero attached hydrogens (tertiary/aromatic N) is 2. The van der Waals surface area contributed by atoms with Crippen molar-refractivity contribution >= 4 is 17.5 Å². The van der Waals surface area contributed by atoms with E-state index in [2.05, 4.69) is 17.1 Å². The van der Waals surface area contributed by atoms with E-state index in [1.807, 2.05) is 4.90 Å². The van der Waals surface area contributed by atoms with E-state index in [9.17, 15) is 14.7 Å². The molecule has 6 nitrogen and oxygen atoms in total. The van der Waals surface area contributed by atoms with Gasteiger partial charge in [-0.3, -0.25) is 14.5 Å². The topological polar surface area (TPSA) is 72.9 Å². The summed E-state index contributed by atoms with van der Waals surface area (Å²) in [6.45, 7) is 4.99. The number of carbonyl (C=O) groups is 2. The monoisotopic (exact) mass is 345 g/mol. The SMILES string of the molecule is CC1CCCCN1C1CN(C(=O)CCC(=O)Nc2cccc(O)c2)C1. The van der Waals surface area contributed by atoms with Gasteiger partial charge >= 0.3 is 0 Å². The van der Waals surface area contributed by atoms with Crippen LogP contribution >= 0.6 is 0 Å². The number of benzene rings is 1. The third-order valence-corrected chi connectivity index (χ3v) is 5.23. The number of likely N-dealkylation sites (tertiary alicyclic amines) is 2. The van der Waals surface area contributed by atoms with E-state index in [0.717, 1.165) is 19.6 Å². The molecule has 2 heterocycles. The highest BCUT2D eigenvalue weighted by molar-refractivity contribution is 5.93. The van der Waals surface area contributed by atoms with E-state index in [0.29, 0.717) is 17.8 Å². The van der Waals surface area contributed by atoms with Gasteiger partial charge < -0.3 is 15.3 Å². The Kier molecular flexibility index (Phi) is 5.58. The zero-order chi connectivity index (χ0) is 17.8. The summed E-state index contributed by atoms with van der Waals surface area (Å²) in [5.74, 6) is -0.0555. The second-order valence-electron chi connectivity index (χ2n) is 7.13. The first kappa shape index (κ1) is 17.7. The summed E-state index contributed by atoms with van der Waals surface area (Å²) in [5.41, 5.74) is 0.542. The lowest BCUT2D eigenvalue weighted by Crippen LogP contribution is -2.63. The predicted octanol–water partition coefficient (Wildman–Crippen LogP) is 2.20. The summed E-state index contributed by atoms with van der Waals surface area (Å²) in [6.07, 6.45) is 4.20. The molecule has 25 heavy (non-hydrogen) atoms. The average Bonchev–Trinajstić information content (AvgIpc) is 2.53. The van der Waals surface area contributed by atoms with Crippen LogP contribution < -0.4 is 5.32 Å². The summed E-state index contributed by atoms with van der Waals surface area (Å²) in [5, 5.41) is 12.1. The Labute approximate surface area is 148 Å². The van der Waals surface area contributed by atoms with Crippen LogP contribution in [0.15, 0.2) is 24.3 Å². The number of phenols is 1. The molecule has 0 aromatic heterocycles. The summed E-state index contributed by atoms with van der Waals surface area (Å²) >= 11 is 0. The van der Waals surface area contributed by atoms with Crippen molar-refractivity contribution in [1.29, 1.82) is 0 Å². The van der Waals surface area contributed by atoms with E-state index in [4.69, 9.17) is 0 Å². The summed E-state index contributed by atoms with van der Waals surface area (Å²) in [4.78, 5) is 28.6. The van der Waals surface area contributed by atoms with Gasteiger partial charge in [-0.05, 0) is 38.4 Å². The van der Waals surface area contributed by atoms with Crippen LogP contribution in [0.4, 0.5) is 5.69 Å². The molecule has 136 valence electrons. The molecular formula is C19H27N3O3. The van der Waals surface area contributed by atoms with Crippen molar-refractivity contribution in [3.63, 3.8) is 0 Å². The molecule has 0 spiro atoms. The number of anilines is 1. The number of aromatic hydroxyl groups is 1. The predicted molar refractivity (Wildman–Crippen MR) is 96.4 cm³/mol. The Hall–Kier alpha value is -2.08. The number of carbonyl (C=O) groups excluding carboxylic acids is 2. The molecule has 1 aromatic carbocycles. The largest absolute Gasteiger partial charge is 0.508 e. The lowest BCUT2D eigenvalue weighted by Gasteiger charge is -2.49. The molecule has 6 heteroatoms. The number of phenolic OH excluding ortho intramolecular Hbond substituents is 1. The molecule has 2 aliphatic heterocycles. The van der Waals surface area contributed by atoms with Gasteiger partial charge in [0.2, 0.25) is 11.8 Å². The fourth-order valence-corrected chi connectivity index (χ4v) is 3.72. The van der Waals surface area contributed by atoms with Crippen molar-refractivity contribution in [1.82, 2.24) is 9.80 Å². The molecule has 1 aromatic rings. The minimum absolute atomic E-state index is 0.0481. The smallest absolute Gasteiger partial charge is 0.224 e. The highest BCUT2D eigenvalue weighted by Gasteiger charge is 2.37. The van der Waals surface area contributed by atoms with Gasteiger partial charge in [-0.15, -0.1) is 0 Å². The second-order valence-corrected chi connectivity index (χ2v) is 7.13. The number of amides is 2. The third kappa shape index (κ3) is 4.51. The summed E-state index contributed by atoms with van der Waals surface area (Å²) in [7, 11) is 0. The molecule has 0 radical (unpaired) electrons. The zero-order valence-electron chi connectivity index (χ0n) is 14.8. The van der Waals surface area contributed by atoms with E-state index in [1.54, 1.807) is 18.2 Å². The van der Waals surface area contributed by atoms with E-state index >= 15 is 0 Å². The number of hydrogen-bond acceptors (Lipinski definition) is 4. The van der Waals surface area contributed by atoms with Crippen LogP contribution in [0.2, 0.25) is 0 Å². The number of piperidine rings is 1. The Morgan fingerprint density at radius 2 is 2.04 bits per heavy atom.